The third-order valence-electron chi connectivity index (χ3n) is 3.62. The van der Waals surface area contributed by atoms with Crippen LogP contribution >= 0.6 is 0 Å². The Balaban J connectivity index is 2.08. The van der Waals surface area contributed by atoms with Crippen LogP contribution in [0.2, 0.25) is 0 Å². The van der Waals surface area contributed by atoms with E-state index < -0.39 is 0 Å². The number of fused-ring (bicyclic) bond motifs is 1. The molecule has 3 rings (SSSR count). The molecule has 0 spiro atoms. The van der Waals surface area contributed by atoms with Gasteiger partial charge >= 0.3 is 0 Å². The van der Waals surface area contributed by atoms with Crippen LogP contribution in [0.3, 0.4) is 0 Å². The fraction of sp³-hybridized carbons (Fsp3) is 0.250. The summed E-state index contributed by atoms with van der Waals surface area (Å²) >= 11 is 0. The van der Waals surface area contributed by atoms with Crippen molar-refractivity contribution in [1.82, 2.24) is 0 Å². The first kappa shape index (κ1) is 11.1. The minimum Gasteiger partial charge on any atom is -0.399 e. The predicted molar refractivity (Wildman–Crippen MR) is 77.4 cm³/mol. The predicted octanol–water partition coefficient (Wildman–Crippen LogP) is 3.66. The molecule has 0 aliphatic carbocycles. The van der Waals surface area contributed by atoms with Gasteiger partial charge in [-0.1, -0.05) is 18.2 Å². The molecule has 0 radical (unpaired) electrons. The minimum atomic E-state index is 0.835. The van der Waals surface area contributed by atoms with Crippen LogP contribution in [0, 0.1) is 6.92 Å². The van der Waals surface area contributed by atoms with E-state index in [1.54, 1.807) is 0 Å². The van der Waals surface area contributed by atoms with E-state index in [-0.39, 0.29) is 0 Å². The highest BCUT2D eigenvalue weighted by atomic mass is 15.1. The molecule has 1 heterocycles. The van der Waals surface area contributed by atoms with Gasteiger partial charge in [-0.05, 0) is 55.2 Å². The first-order chi connectivity index (χ1) is 8.75. The van der Waals surface area contributed by atoms with Crippen molar-refractivity contribution in [3.05, 3.63) is 53.6 Å². The molecule has 0 aromatic heterocycles. The zero-order valence-electron chi connectivity index (χ0n) is 10.7. The lowest BCUT2D eigenvalue weighted by molar-refractivity contribution is 0.765. The molecule has 0 atom stereocenters. The lowest BCUT2D eigenvalue weighted by atomic mass is 10.00. The van der Waals surface area contributed by atoms with Crippen molar-refractivity contribution in [2.45, 2.75) is 19.8 Å². The standard InChI is InChI=1S/C16H18N2/c1-12-11-14(17)8-9-15(12)18-10-4-6-13-5-2-3-7-16(13)18/h2-3,5,7-9,11H,4,6,10,17H2,1H3. The Morgan fingerprint density at radius 3 is 2.72 bits per heavy atom. The van der Waals surface area contributed by atoms with E-state index >= 15 is 0 Å². The van der Waals surface area contributed by atoms with E-state index in [1.807, 2.05) is 12.1 Å². The maximum Gasteiger partial charge on any atom is 0.0443 e. The normalized spacial score (nSPS) is 14.4. The molecule has 0 bridgehead atoms. The fourth-order valence-corrected chi connectivity index (χ4v) is 2.77. The van der Waals surface area contributed by atoms with Crippen LogP contribution in [0.15, 0.2) is 42.5 Å². The van der Waals surface area contributed by atoms with E-state index in [0.29, 0.717) is 0 Å². The van der Waals surface area contributed by atoms with Crippen molar-refractivity contribution < 1.29 is 0 Å². The Morgan fingerprint density at radius 1 is 1.06 bits per heavy atom. The van der Waals surface area contributed by atoms with Crippen molar-refractivity contribution >= 4 is 17.1 Å². The summed E-state index contributed by atoms with van der Waals surface area (Å²) in [6, 6.07) is 14.8. The van der Waals surface area contributed by atoms with Gasteiger partial charge in [-0.3, -0.25) is 0 Å². The highest BCUT2D eigenvalue weighted by Gasteiger charge is 2.18. The molecule has 0 saturated carbocycles. The summed E-state index contributed by atoms with van der Waals surface area (Å²) in [7, 11) is 0. The molecule has 0 unspecified atom stereocenters. The molecule has 18 heavy (non-hydrogen) atoms. The van der Waals surface area contributed by atoms with E-state index in [2.05, 4.69) is 42.2 Å². The van der Waals surface area contributed by atoms with Gasteiger partial charge < -0.3 is 10.6 Å². The largest absolute Gasteiger partial charge is 0.399 e. The van der Waals surface area contributed by atoms with Crippen LogP contribution in [0.1, 0.15) is 17.5 Å². The summed E-state index contributed by atoms with van der Waals surface area (Å²) in [6.07, 6.45) is 2.39. The number of nitrogen functional groups attached to an aromatic ring is 1. The Morgan fingerprint density at radius 2 is 1.89 bits per heavy atom. The fourth-order valence-electron chi connectivity index (χ4n) is 2.77. The van der Waals surface area contributed by atoms with Crippen LogP contribution in [0.4, 0.5) is 17.1 Å². The zero-order chi connectivity index (χ0) is 12.5. The number of benzene rings is 2. The smallest absolute Gasteiger partial charge is 0.0443 e. The number of hydrogen-bond acceptors (Lipinski definition) is 2. The number of aryl methyl sites for hydroxylation is 2. The van der Waals surface area contributed by atoms with Crippen molar-refractivity contribution in [3.63, 3.8) is 0 Å². The summed E-state index contributed by atoms with van der Waals surface area (Å²) < 4.78 is 0. The van der Waals surface area contributed by atoms with E-state index in [1.165, 1.54) is 35.3 Å². The van der Waals surface area contributed by atoms with Crippen LogP contribution in [0.25, 0.3) is 0 Å². The Hall–Kier alpha value is -1.96. The second-order valence-corrected chi connectivity index (χ2v) is 4.93. The third-order valence-corrected chi connectivity index (χ3v) is 3.62. The van der Waals surface area contributed by atoms with Gasteiger partial charge in [-0.2, -0.15) is 0 Å². The maximum absolute atomic E-state index is 5.83. The van der Waals surface area contributed by atoms with Crippen molar-refractivity contribution in [2.75, 3.05) is 17.2 Å². The molecule has 1 aliphatic rings. The van der Waals surface area contributed by atoms with Gasteiger partial charge in [0.1, 0.15) is 0 Å². The molecule has 1 aliphatic heterocycles. The summed E-state index contributed by atoms with van der Waals surface area (Å²) in [5, 5.41) is 0. The summed E-state index contributed by atoms with van der Waals surface area (Å²) in [4.78, 5) is 2.41. The highest BCUT2D eigenvalue weighted by Crippen LogP contribution is 2.35. The zero-order valence-corrected chi connectivity index (χ0v) is 10.7. The van der Waals surface area contributed by atoms with Gasteiger partial charge in [0.05, 0.1) is 0 Å². The van der Waals surface area contributed by atoms with Crippen LogP contribution in [-0.4, -0.2) is 6.54 Å². The van der Waals surface area contributed by atoms with E-state index in [4.69, 9.17) is 5.73 Å². The topological polar surface area (TPSA) is 29.3 Å². The lowest BCUT2D eigenvalue weighted by Gasteiger charge is -2.32. The highest BCUT2D eigenvalue weighted by molar-refractivity contribution is 5.71. The molecule has 2 aromatic carbocycles. The van der Waals surface area contributed by atoms with Crippen LogP contribution in [0.5, 0.6) is 0 Å². The summed E-state index contributed by atoms with van der Waals surface area (Å²) in [5.74, 6) is 0. The monoisotopic (exact) mass is 238 g/mol. The van der Waals surface area contributed by atoms with Crippen LogP contribution < -0.4 is 10.6 Å². The second kappa shape index (κ2) is 4.37. The lowest BCUT2D eigenvalue weighted by Crippen LogP contribution is -2.25. The molecule has 0 amide bonds. The first-order valence-electron chi connectivity index (χ1n) is 6.47. The quantitative estimate of drug-likeness (QED) is 0.768. The third kappa shape index (κ3) is 1.84. The van der Waals surface area contributed by atoms with Crippen molar-refractivity contribution in [2.24, 2.45) is 0 Å². The summed E-state index contributed by atoms with van der Waals surface area (Å²) in [6.45, 7) is 3.21. The van der Waals surface area contributed by atoms with Gasteiger partial charge in [0, 0.05) is 23.6 Å². The number of nitrogens with zero attached hydrogens (tertiary/aromatic N) is 1. The van der Waals surface area contributed by atoms with Crippen molar-refractivity contribution in [3.8, 4) is 0 Å². The molecule has 2 N–H and O–H groups in total. The number of para-hydroxylation sites is 1. The molecule has 92 valence electrons. The molecular formula is C16H18N2. The first-order valence-corrected chi connectivity index (χ1v) is 6.47. The summed E-state index contributed by atoms with van der Waals surface area (Å²) in [5.41, 5.74) is 12.0. The molecular weight excluding hydrogens is 220 g/mol. The minimum absolute atomic E-state index is 0.835. The van der Waals surface area contributed by atoms with Crippen LogP contribution in [-0.2, 0) is 6.42 Å². The van der Waals surface area contributed by atoms with Gasteiger partial charge in [0.25, 0.3) is 0 Å². The molecule has 2 heteroatoms. The van der Waals surface area contributed by atoms with E-state index in [9.17, 15) is 0 Å². The molecule has 0 fully saturated rings. The average Bonchev–Trinajstić information content (AvgIpc) is 2.38. The molecule has 2 aromatic rings. The number of anilines is 3. The Labute approximate surface area is 108 Å². The second-order valence-electron chi connectivity index (χ2n) is 4.93. The SMILES string of the molecule is Cc1cc(N)ccc1N1CCCc2ccccc21. The van der Waals surface area contributed by atoms with Gasteiger partial charge in [-0.15, -0.1) is 0 Å². The maximum atomic E-state index is 5.83. The van der Waals surface area contributed by atoms with Gasteiger partial charge in [-0.25, -0.2) is 0 Å². The van der Waals surface area contributed by atoms with Gasteiger partial charge in [0.15, 0.2) is 0 Å². The van der Waals surface area contributed by atoms with Crippen molar-refractivity contribution in [1.29, 1.82) is 0 Å². The number of rotatable bonds is 1. The number of nitrogens with two attached hydrogens (primary N) is 1. The average molecular weight is 238 g/mol. The van der Waals surface area contributed by atoms with E-state index in [0.717, 1.165) is 12.2 Å². The van der Waals surface area contributed by atoms with Gasteiger partial charge in [0.2, 0.25) is 0 Å². The molecule has 2 nitrogen and oxygen atoms in total. The molecule has 0 saturated heterocycles. The Kier molecular flexibility index (Phi) is 2.71. The Bertz CT molecular complexity index is 575. The number of hydrogen-bond donors (Lipinski definition) is 1.